The topological polar surface area (TPSA) is 54.9 Å². The minimum Gasteiger partial charge on any atom is -0.301 e. The smallest absolute Gasteiger partial charge is 0.301 e. The summed E-state index contributed by atoms with van der Waals surface area (Å²) in [5.41, 5.74) is -0.887. The van der Waals surface area contributed by atoms with Crippen molar-refractivity contribution in [3.63, 3.8) is 0 Å². The van der Waals surface area contributed by atoms with Crippen molar-refractivity contribution in [2.45, 2.75) is 33.2 Å². The second-order valence-electron chi connectivity index (χ2n) is 4.44. The number of hydrogen-bond donors (Lipinski definition) is 1. The molecule has 0 spiro atoms. The lowest BCUT2D eigenvalue weighted by atomic mass is 9.89. The first-order valence-electron chi connectivity index (χ1n) is 5.22. The number of aryl methyl sites for hydroxylation is 1. The highest BCUT2D eigenvalue weighted by Crippen LogP contribution is 2.20. The van der Waals surface area contributed by atoms with E-state index in [1.165, 1.54) is 16.8 Å². The van der Waals surface area contributed by atoms with Crippen LogP contribution in [0.5, 0.6) is 0 Å². The average Bonchev–Trinajstić information content (AvgIpc) is 2.21. The van der Waals surface area contributed by atoms with Crippen LogP contribution < -0.4 is 11.2 Å². The Balaban J connectivity index is 2.60. The first kappa shape index (κ1) is 12.3. The molecule has 0 unspecified atom stereocenters. The molecular weight excluding hydrogens is 204 g/mol. The van der Waals surface area contributed by atoms with Gasteiger partial charge in [-0.25, -0.2) is 4.79 Å². The fourth-order valence-electron chi connectivity index (χ4n) is 1.38. The predicted molar refractivity (Wildman–Crippen MR) is 63.2 cm³/mol. The molecule has 0 radical (unpaired) electrons. The van der Waals surface area contributed by atoms with Gasteiger partial charge in [0, 0.05) is 24.2 Å². The lowest BCUT2D eigenvalue weighted by Crippen LogP contribution is -2.28. The van der Waals surface area contributed by atoms with Crippen LogP contribution in [-0.2, 0) is 6.54 Å². The van der Waals surface area contributed by atoms with Crippen molar-refractivity contribution in [1.82, 2.24) is 9.55 Å². The van der Waals surface area contributed by atoms with E-state index in [0.717, 1.165) is 12.8 Å². The van der Waals surface area contributed by atoms with Crippen molar-refractivity contribution in [3.8, 4) is 12.3 Å². The number of rotatable bonds is 4. The van der Waals surface area contributed by atoms with Crippen LogP contribution in [0.4, 0.5) is 0 Å². The van der Waals surface area contributed by atoms with Crippen LogP contribution in [0.2, 0.25) is 0 Å². The Hall–Kier alpha value is -1.76. The molecule has 16 heavy (non-hydrogen) atoms. The van der Waals surface area contributed by atoms with E-state index < -0.39 is 0 Å². The monoisotopic (exact) mass is 220 g/mol. The molecule has 0 bridgehead atoms. The Labute approximate surface area is 94.3 Å². The minimum absolute atomic E-state index is 0.147. The van der Waals surface area contributed by atoms with E-state index in [2.05, 4.69) is 10.9 Å². The van der Waals surface area contributed by atoms with Gasteiger partial charge in [0.2, 0.25) is 0 Å². The Morgan fingerprint density at radius 1 is 1.50 bits per heavy atom. The van der Waals surface area contributed by atoms with Gasteiger partial charge in [-0.2, -0.15) is 0 Å². The third-order valence-corrected chi connectivity index (χ3v) is 2.49. The summed E-state index contributed by atoms with van der Waals surface area (Å²) in [7, 11) is 0. The Morgan fingerprint density at radius 2 is 2.19 bits per heavy atom. The summed E-state index contributed by atoms with van der Waals surface area (Å²) < 4.78 is 1.48. The first-order chi connectivity index (χ1) is 7.44. The summed E-state index contributed by atoms with van der Waals surface area (Å²) in [6.45, 7) is 4.55. The van der Waals surface area contributed by atoms with E-state index in [-0.39, 0.29) is 16.7 Å². The van der Waals surface area contributed by atoms with Crippen LogP contribution in [0, 0.1) is 17.8 Å². The van der Waals surface area contributed by atoms with Crippen LogP contribution in [0.1, 0.15) is 26.7 Å². The summed E-state index contributed by atoms with van der Waals surface area (Å²) in [6.07, 6.45) is 8.52. The van der Waals surface area contributed by atoms with Gasteiger partial charge in [-0.15, -0.1) is 12.3 Å². The van der Waals surface area contributed by atoms with Gasteiger partial charge in [-0.05, 0) is 26.7 Å². The van der Waals surface area contributed by atoms with Crippen molar-refractivity contribution in [1.29, 1.82) is 0 Å². The number of nitrogens with zero attached hydrogens (tertiary/aromatic N) is 1. The molecule has 0 aromatic carbocycles. The van der Waals surface area contributed by atoms with E-state index in [9.17, 15) is 9.59 Å². The summed E-state index contributed by atoms with van der Waals surface area (Å²) >= 11 is 0. The van der Waals surface area contributed by atoms with Crippen molar-refractivity contribution in [3.05, 3.63) is 33.1 Å². The maximum atomic E-state index is 11.3. The summed E-state index contributed by atoms with van der Waals surface area (Å²) in [5.74, 6) is 2.71. The molecule has 86 valence electrons. The lowest BCUT2D eigenvalue weighted by Gasteiger charge is -2.16. The van der Waals surface area contributed by atoms with Crippen molar-refractivity contribution in [2.24, 2.45) is 5.41 Å². The van der Waals surface area contributed by atoms with Gasteiger partial charge in [0.05, 0.1) is 0 Å². The molecule has 4 heteroatoms. The quantitative estimate of drug-likeness (QED) is 0.769. The molecule has 0 amide bonds. The maximum Gasteiger partial charge on any atom is 0.328 e. The molecule has 1 aromatic heterocycles. The van der Waals surface area contributed by atoms with Gasteiger partial charge in [0.15, 0.2) is 0 Å². The molecule has 0 aliphatic heterocycles. The van der Waals surface area contributed by atoms with Crippen LogP contribution in [0.15, 0.2) is 21.9 Å². The number of hydrogen-bond acceptors (Lipinski definition) is 2. The van der Waals surface area contributed by atoms with Crippen LogP contribution in [-0.4, -0.2) is 9.55 Å². The average molecular weight is 220 g/mol. The number of aromatic amines is 1. The number of H-pyrrole nitrogens is 1. The van der Waals surface area contributed by atoms with Crippen molar-refractivity contribution >= 4 is 0 Å². The normalized spacial score (nSPS) is 11.1. The summed E-state index contributed by atoms with van der Waals surface area (Å²) in [4.78, 5) is 24.4. The number of terminal acetylenes is 1. The molecule has 0 fully saturated rings. The second kappa shape index (κ2) is 4.84. The molecule has 1 rings (SSSR count). The summed E-state index contributed by atoms with van der Waals surface area (Å²) in [5, 5.41) is 0. The van der Waals surface area contributed by atoms with E-state index >= 15 is 0 Å². The van der Waals surface area contributed by atoms with Crippen molar-refractivity contribution in [2.75, 3.05) is 0 Å². The molecular formula is C12H16N2O2. The Morgan fingerprint density at radius 3 is 2.75 bits per heavy atom. The molecule has 0 atom stereocenters. The highest BCUT2D eigenvalue weighted by Gasteiger charge is 2.12. The van der Waals surface area contributed by atoms with Crippen molar-refractivity contribution < 1.29 is 0 Å². The fraction of sp³-hybridized carbons (Fsp3) is 0.500. The molecule has 0 aliphatic rings. The largest absolute Gasteiger partial charge is 0.328 e. The number of aromatic nitrogens is 2. The molecule has 1 N–H and O–H groups in total. The van der Waals surface area contributed by atoms with Crippen LogP contribution >= 0.6 is 0 Å². The van der Waals surface area contributed by atoms with Gasteiger partial charge in [-0.1, -0.05) is 0 Å². The number of nitrogens with one attached hydrogen (secondary N) is 1. The molecule has 0 saturated heterocycles. The third-order valence-electron chi connectivity index (χ3n) is 2.49. The molecule has 0 saturated carbocycles. The lowest BCUT2D eigenvalue weighted by molar-refractivity contribution is 0.416. The third kappa shape index (κ3) is 3.43. The molecule has 1 aromatic rings. The van der Waals surface area contributed by atoms with Gasteiger partial charge in [-0.3, -0.25) is 9.78 Å². The SMILES string of the molecule is C#CC(C)(C)CCCn1ccc(=O)[nH]c1=O. The highest BCUT2D eigenvalue weighted by atomic mass is 16.2. The van der Waals surface area contributed by atoms with E-state index in [1.807, 2.05) is 13.8 Å². The van der Waals surface area contributed by atoms with Gasteiger partial charge >= 0.3 is 5.69 Å². The Kier molecular flexibility index (Phi) is 3.73. The van der Waals surface area contributed by atoms with Gasteiger partial charge in [0.25, 0.3) is 5.56 Å². The van der Waals surface area contributed by atoms with Crippen LogP contribution in [0.3, 0.4) is 0 Å². The van der Waals surface area contributed by atoms with E-state index in [4.69, 9.17) is 6.42 Å². The highest BCUT2D eigenvalue weighted by molar-refractivity contribution is 5.00. The zero-order valence-electron chi connectivity index (χ0n) is 9.62. The second-order valence-corrected chi connectivity index (χ2v) is 4.44. The fourth-order valence-corrected chi connectivity index (χ4v) is 1.38. The molecule has 4 nitrogen and oxygen atoms in total. The molecule has 0 aliphatic carbocycles. The summed E-state index contributed by atoms with van der Waals surface area (Å²) in [6, 6.07) is 1.34. The van der Waals surface area contributed by atoms with Crippen LogP contribution in [0.25, 0.3) is 0 Å². The van der Waals surface area contributed by atoms with Gasteiger partial charge in [0.1, 0.15) is 0 Å². The maximum absolute atomic E-state index is 11.3. The molecule has 1 heterocycles. The standard InChI is InChI=1S/C12H16N2O2/c1-4-12(2,3)7-5-8-14-9-6-10(15)13-11(14)16/h1,6,9H,5,7-8H2,2-3H3,(H,13,15,16). The minimum atomic E-state index is -0.370. The van der Waals surface area contributed by atoms with Gasteiger partial charge < -0.3 is 4.57 Å². The zero-order valence-corrected chi connectivity index (χ0v) is 9.62. The first-order valence-corrected chi connectivity index (χ1v) is 5.22. The zero-order chi connectivity index (χ0) is 12.2. The van der Waals surface area contributed by atoms with E-state index in [1.54, 1.807) is 0 Å². The van der Waals surface area contributed by atoms with E-state index in [0.29, 0.717) is 6.54 Å². The Bertz CT molecular complexity index is 503. The predicted octanol–water partition coefficient (Wildman–Crippen LogP) is 0.976.